The van der Waals surface area contributed by atoms with Gasteiger partial charge in [-0.15, -0.1) is 0 Å². The molecule has 8 heteroatoms. The molecule has 3 N–H and O–H groups in total. The molecule has 1 aliphatic carbocycles. The summed E-state index contributed by atoms with van der Waals surface area (Å²) in [5, 5.41) is 7.43. The van der Waals surface area contributed by atoms with Crippen molar-refractivity contribution in [1.29, 1.82) is 0 Å². The van der Waals surface area contributed by atoms with Gasteiger partial charge in [-0.1, -0.05) is 20.8 Å². The van der Waals surface area contributed by atoms with Gasteiger partial charge in [0.05, 0.1) is 0 Å². The van der Waals surface area contributed by atoms with Crippen molar-refractivity contribution in [3.05, 3.63) is 0 Å². The lowest BCUT2D eigenvalue weighted by atomic mass is 9.77. The minimum atomic E-state index is -0.871. The fraction of sp³-hybridized carbons (Fsp3) is 0.750. The number of hydrogen-bond donors (Lipinski definition) is 3. The van der Waals surface area contributed by atoms with Crippen LogP contribution in [0.2, 0.25) is 0 Å². The molecule has 0 unspecified atom stereocenters. The van der Waals surface area contributed by atoms with E-state index in [1.807, 2.05) is 13.8 Å². The number of rotatable bonds is 4. The van der Waals surface area contributed by atoms with Crippen LogP contribution in [0.3, 0.4) is 0 Å². The van der Waals surface area contributed by atoms with E-state index in [9.17, 15) is 19.2 Å². The van der Waals surface area contributed by atoms with E-state index in [1.54, 1.807) is 0 Å². The Kier molecular flexibility index (Phi) is 5.46. The summed E-state index contributed by atoms with van der Waals surface area (Å²) in [6.45, 7) is 5.97. The molecule has 2 fully saturated rings. The maximum atomic E-state index is 12.6. The van der Waals surface area contributed by atoms with Gasteiger partial charge in [0.15, 0.2) is 0 Å². The molecule has 1 spiro atoms. The molecule has 8 nitrogen and oxygen atoms in total. The van der Waals surface area contributed by atoms with E-state index in [-0.39, 0.29) is 11.8 Å². The molecule has 0 bridgehead atoms. The Morgan fingerprint density at radius 3 is 2.50 bits per heavy atom. The molecule has 134 valence electrons. The third-order valence-corrected chi connectivity index (χ3v) is 4.60. The lowest BCUT2D eigenvalue weighted by molar-refractivity contribution is -0.135. The predicted molar refractivity (Wildman–Crippen MR) is 87.0 cm³/mol. The molecular formula is C16H26N4O4. The minimum absolute atomic E-state index is 0.255. The van der Waals surface area contributed by atoms with Crippen LogP contribution in [0.5, 0.6) is 0 Å². The molecule has 1 aliphatic heterocycles. The van der Waals surface area contributed by atoms with Crippen LogP contribution in [0.1, 0.15) is 46.5 Å². The number of imide groups is 2. The van der Waals surface area contributed by atoms with Crippen molar-refractivity contribution in [1.82, 2.24) is 20.9 Å². The van der Waals surface area contributed by atoms with E-state index >= 15 is 0 Å². The molecule has 0 aromatic carbocycles. The van der Waals surface area contributed by atoms with Gasteiger partial charge in [-0.05, 0) is 37.5 Å². The molecule has 2 aliphatic rings. The van der Waals surface area contributed by atoms with Gasteiger partial charge in [0.25, 0.3) is 5.91 Å². The van der Waals surface area contributed by atoms with E-state index in [2.05, 4.69) is 22.9 Å². The second-order valence-electron chi connectivity index (χ2n) is 7.24. The smallest absolute Gasteiger partial charge is 0.325 e. The normalized spacial score (nSPS) is 26.7. The summed E-state index contributed by atoms with van der Waals surface area (Å²) in [6, 6.07) is -1.19. The molecule has 0 aromatic heterocycles. The molecule has 0 aromatic rings. The molecular weight excluding hydrogens is 312 g/mol. The van der Waals surface area contributed by atoms with E-state index < -0.39 is 30.1 Å². The number of nitrogens with zero attached hydrogens (tertiary/aromatic N) is 1. The zero-order valence-electron chi connectivity index (χ0n) is 14.5. The maximum Gasteiger partial charge on any atom is 0.325 e. The van der Waals surface area contributed by atoms with Crippen molar-refractivity contribution in [2.75, 3.05) is 13.1 Å². The molecule has 1 heterocycles. The lowest BCUT2D eigenvalue weighted by Gasteiger charge is -2.33. The summed E-state index contributed by atoms with van der Waals surface area (Å²) in [5.74, 6) is -0.259. The number of nitrogens with one attached hydrogen (secondary N) is 3. The third kappa shape index (κ3) is 4.04. The largest absolute Gasteiger partial charge is 0.338 e. The van der Waals surface area contributed by atoms with Crippen molar-refractivity contribution >= 4 is 23.9 Å². The van der Waals surface area contributed by atoms with Crippen LogP contribution in [-0.4, -0.2) is 47.4 Å². The van der Waals surface area contributed by atoms with Crippen LogP contribution < -0.4 is 16.0 Å². The Bertz CT molecular complexity index is 538. The Morgan fingerprint density at radius 2 is 1.92 bits per heavy atom. The Labute approximate surface area is 141 Å². The van der Waals surface area contributed by atoms with Gasteiger partial charge < -0.3 is 10.6 Å². The van der Waals surface area contributed by atoms with Crippen molar-refractivity contribution in [3.63, 3.8) is 0 Å². The maximum absolute atomic E-state index is 12.6. The fourth-order valence-corrected chi connectivity index (χ4v) is 3.06. The van der Waals surface area contributed by atoms with Gasteiger partial charge in [0.1, 0.15) is 12.1 Å². The molecule has 6 amide bonds. The van der Waals surface area contributed by atoms with E-state index in [4.69, 9.17) is 0 Å². The van der Waals surface area contributed by atoms with E-state index in [0.29, 0.717) is 25.3 Å². The van der Waals surface area contributed by atoms with Gasteiger partial charge in [-0.3, -0.25) is 19.8 Å². The SMILES string of the molecule is CC(C)CNC(=O)NC(=O)CN1C(=O)NC2(CCC(C)CC2)C1=O. The molecule has 1 saturated heterocycles. The second kappa shape index (κ2) is 7.19. The average Bonchev–Trinajstić information content (AvgIpc) is 2.73. The van der Waals surface area contributed by atoms with Gasteiger partial charge in [-0.25, -0.2) is 9.59 Å². The van der Waals surface area contributed by atoms with Gasteiger partial charge in [0.2, 0.25) is 5.91 Å². The Hall–Kier alpha value is -2.12. The first-order chi connectivity index (χ1) is 11.2. The van der Waals surface area contributed by atoms with Crippen molar-refractivity contribution in [3.8, 4) is 0 Å². The van der Waals surface area contributed by atoms with E-state index in [0.717, 1.165) is 17.7 Å². The lowest BCUT2D eigenvalue weighted by Crippen LogP contribution is -2.50. The Balaban J connectivity index is 1.90. The monoisotopic (exact) mass is 338 g/mol. The van der Waals surface area contributed by atoms with Crippen molar-refractivity contribution in [2.24, 2.45) is 11.8 Å². The summed E-state index contributed by atoms with van der Waals surface area (Å²) in [4.78, 5) is 49.1. The van der Waals surface area contributed by atoms with Crippen LogP contribution in [0.25, 0.3) is 0 Å². The first-order valence-corrected chi connectivity index (χ1v) is 8.45. The predicted octanol–water partition coefficient (Wildman–Crippen LogP) is 0.969. The van der Waals surface area contributed by atoms with Crippen LogP contribution in [0.15, 0.2) is 0 Å². The van der Waals surface area contributed by atoms with Crippen LogP contribution in [0.4, 0.5) is 9.59 Å². The topological polar surface area (TPSA) is 108 Å². The van der Waals surface area contributed by atoms with Gasteiger partial charge in [0, 0.05) is 6.54 Å². The number of amides is 6. The Morgan fingerprint density at radius 1 is 1.29 bits per heavy atom. The number of carbonyl (C=O) groups excluding carboxylic acids is 4. The highest BCUT2D eigenvalue weighted by Gasteiger charge is 2.52. The number of hydrogen-bond acceptors (Lipinski definition) is 4. The number of urea groups is 2. The highest BCUT2D eigenvalue weighted by Crippen LogP contribution is 2.36. The average molecular weight is 338 g/mol. The van der Waals surface area contributed by atoms with E-state index in [1.165, 1.54) is 0 Å². The summed E-state index contributed by atoms with van der Waals surface area (Å²) >= 11 is 0. The summed E-state index contributed by atoms with van der Waals surface area (Å²) < 4.78 is 0. The van der Waals surface area contributed by atoms with Crippen molar-refractivity contribution in [2.45, 2.75) is 52.0 Å². The minimum Gasteiger partial charge on any atom is -0.338 e. The fourth-order valence-electron chi connectivity index (χ4n) is 3.06. The first-order valence-electron chi connectivity index (χ1n) is 8.45. The zero-order chi connectivity index (χ0) is 17.9. The summed E-state index contributed by atoms with van der Waals surface area (Å²) in [6.07, 6.45) is 2.91. The highest BCUT2D eigenvalue weighted by molar-refractivity contribution is 6.10. The molecule has 0 radical (unpaired) electrons. The third-order valence-electron chi connectivity index (χ3n) is 4.60. The van der Waals surface area contributed by atoms with Crippen LogP contribution in [0, 0.1) is 11.8 Å². The highest BCUT2D eigenvalue weighted by atomic mass is 16.2. The second-order valence-corrected chi connectivity index (χ2v) is 7.24. The standard InChI is InChI=1S/C16H26N4O4/c1-10(2)8-17-14(23)18-12(21)9-20-13(22)16(19-15(20)24)6-4-11(3)5-7-16/h10-11H,4-9H2,1-3H3,(H,19,24)(H2,17,18,21,23). The molecule has 24 heavy (non-hydrogen) atoms. The zero-order valence-corrected chi connectivity index (χ0v) is 14.5. The summed E-state index contributed by atoms with van der Waals surface area (Å²) in [7, 11) is 0. The number of carbonyl (C=O) groups is 4. The van der Waals surface area contributed by atoms with Gasteiger partial charge in [-0.2, -0.15) is 0 Å². The molecule has 1 saturated carbocycles. The first kappa shape index (κ1) is 18.2. The van der Waals surface area contributed by atoms with Gasteiger partial charge >= 0.3 is 12.1 Å². The quantitative estimate of drug-likeness (QED) is 0.664. The molecule has 2 rings (SSSR count). The van der Waals surface area contributed by atoms with Crippen LogP contribution in [-0.2, 0) is 9.59 Å². The summed E-state index contributed by atoms with van der Waals surface area (Å²) in [5.41, 5.74) is -0.871. The van der Waals surface area contributed by atoms with Crippen molar-refractivity contribution < 1.29 is 19.2 Å². The van der Waals surface area contributed by atoms with Crippen LogP contribution >= 0.6 is 0 Å². The molecule has 0 atom stereocenters.